The van der Waals surface area contributed by atoms with Crippen molar-refractivity contribution in [1.29, 1.82) is 0 Å². The number of carboxylic acids is 1. The fourth-order valence-corrected chi connectivity index (χ4v) is 1.16. The molecule has 6 heteroatoms. The predicted octanol–water partition coefficient (Wildman–Crippen LogP) is 1.35. The first-order valence-corrected chi connectivity index (χ1v) is 4.09. The van der Waals surface area contributed by atoms with Gasteiger partial charge in [-0.1, -0.05) is 11.6 Å². The Bertz CT molecular complexity index is 431. The molecule has 1 aliphatic rings. The van der Waals surface area contributed by atoms with E-state index in [1.807, 2.05) is 0 Å². The molecule has 1 aliphatic heterocycles. The normalized spacial score (nSPS) is 13.4. The van der Waals surface area contributed by atoms with Gasteiger partial charge >= 0.3 is 5.97 Å². The van der Waals surface area contributed by atoms with Crippen molar-refractivity contribution in [2.75, 3.05) is 0 Å². The molecule has 0 aliphatic carbocycles. The molecule has 0 amide bonds. The summed E-state index contributed by atoms with van der Waals surface area (Å²) < 4.78 is 0. The summed E-state index contributed by atoms with van der Waals surface area (Å²) in [4.78, 5) is 19.3. The van der Waals surface area contributed by atoms with Crippen LogP contribution < -0.4 is 10.3 Å². The van der Waals surface area contributed by atoms with Crippen molar-refractivity contribution >= 4 is 29.1 Å². The maximum absolute atomic E-state index is 10.5. The lowest BCUT2D eigenvalue weighted by atomic mass is 10.3. The van der Waals surface area contributed by atoms with Gasteiger partial charge in [0.1, 0.15) is 5.69 Å². The molecule has 0 saturated carbocycles. The minimum absolute atomic E-state index is 0.250. The zero-order valence-electron chi connectivity index (χ0n) is 6.82. The number of fused-ring (bicyclic) bond motifs is 1. The van der Waals surface area contributed by atoms with E-state index in [9.17, 15) is 4.79 Å². The Labute approximate surface area is 83.9 Å². The number of halogens is 1. The van der Waals surface area contributed by atoms with Crippen molar-refractivity contribution in [2.45, 2.75) is 0 Å². The number of nitrogens with zero attached hydrogens (tertiary/aromatic N) is 1. The molecule has 14 heavy (non-hydrogen) atoms. The van der Waals surface area contributed by atoms with Crippen LogP contribution in [0.1, 0.15) is 0 Å². The van der Waals surface area contributed by atoms with Gasteiger partial charge in [-0.25, -0.2) is 9.79 Å². The Balaban J connectivity index is 2.45. The van der Waals surface area contributed by atoms with Crippen LogP contribution in [0.4, 0.5) is 5.69 Å². The average molecular weight is 213 g/mol. The smallest absolute Gasteiger partial charge is 0.374 e. The number of aliphatic carboxylic acids is 1. The second-order valence-corrected chi connectivity index (χ2v) is 3.02. The summed E-state index contributed by atoms with van der Waals surface area (Å²) in [7, 11) is 0. The lowest BCUT2D eigenvalue weighted by molar-refractivity contribution is -0.130. The highest BCUT2D eigenvalue weighted by Gasteiger charge is 2.17. The van der Waals surface area contributed by atoms with Gasteiger partial charge in [0.15, 0.2) is 5.75 Å². The molecule has 0 saturated heterocycles. The van der Waals surface area contributed by atoms with Crippen LogP contribution in [0.2, 0.25) is 5.02 Å². The van der Waals surface area contributed by atoms with Crippen molar-refractivity contribution in [3.8, 4) is 5.75 Å². The summed E-state index contributed by atoms with van der Waals surface area (Å²) >= 11 is 5.70. The van der Waals surface area contributed by atoms with E-state index in [0.29, 0.717) is 16.5 Å². The van der Waals surface area contributed by atoms with Crippen molar-refractivity contribution in [3.63, 3.8) is 0 Å². The van der Waals surface area contributed by atoms with Gasteiger partial charge in [0.25, 0.3) is 0 Å². The molecule has 0 fully saturated rings. The number of nitrogens with one attached hydrogen (secondary N) is 1. The van der Waals surface area contributed by atoms with Crippen LogP contribution in [0.3, 0.4) is 0 Å². The highest BCUT2D eigenvalue weighted by Crippen LogP contribution is 2.31. The van der Waals surface area contributed by atoms with E-state index in [-0.39, 0.29) is 5.84 Å². The second-order valence-electron chi connectivity index (χ2n) is 2.58. The van der Waals surface area contributed by atoms with Crippen molar-refractivity contribution < 1.29 is 14.7 Å². The molecular formula is C8H5ClN2O3. The number of hydroxylamine groups is 1. The molecule has 5 nitrogen and oxygen atoms in total. The minimum Gasteiger partial charge on any atom is -0.475 e. The molecule has 72 valence electrons. The standard InChI is InChI=1S/C8H5ClN2O3/c9-4-1-2-5-6(3-4)14-11-7(10-5)8(12)13/h1-3H,(H,10,11)(H,12,13). The van der Waals surface area contributed by atoms with Gasteiger partial charge in [-0.15, -0.1) is 0 Å². The van der Waals surface area contributed by atoms with Gasteiger partial charge in [0, 0.05) is 11.1 Å². The summed E-state index contributed by atoms with van der Waals surface area (Å²) in [5.41, 5.74) is 2.63. The van der Waals surface area contributed by atoms with Crippen molar-refractivity contribution in [3.05, 3.63) is 23.2 Å². The molecule has 0 spiro atoms. The second kappa shape index (κ2) is 3.19. The largest absolute Gasteiger partial charge is 0.475 e. The van der Waals surface area contributed by atoms with Gasteiger partial charge in [0.05, 0.1) is 0 Å². The van der Waals surface area contributed by atoms with Gasteiger partial charge in [0.2, 0.25) is 5.84 Å². The van der Waals surface area contributed by atoms with Crippen LogP contribution >= 0.6 is 11.6 Å². The Morgan fingerprint density at radius 1 is 1.57 bits per heavy atom. The molecule has 0 radical (unpaired) electrons. The van der Waals surface area contributed by atoms with Crippen molar-refractivity contribution in [2.24, 2.45) is 4.99 Å². The first-order valence-electron chi connectivity index (χ1n) is 3.71. The molecule has 2 rings (SSSR count). The molecule has 0 aromatic heterocycles. The molecular weight excluding hydrogens is 208 g/mol. The van der Waals surface area contributed by atoms with Crippen LogP contribution in [0.5, 0.6) is 5.75 Å². The maximum atomic E-state index is 10.5. The van der Waals surface area contributed by atoms with Crippen LogP contribution in [0.15, 0.2) is 23.2 Å². The summed E-state index contributed by atoms with van der Waals surface area (Å²) in [5.74, 6) is -1.02. The molecule has 0 bridgehead atoms. The van der Waals surface area contributed by atoms with Crippen LogP contribution in [-0.4, -0.2) is 16.9 Å². The van der Waals surface area contributed by atoms with E-state index in [2.05, 4.69) is 10.5 Å². The predicted molar refractivity (Wildman–Crippen MR) is 49.9 cm³/mol. The van der Waals surface area contributed by atoms with Gasteiger partial charge in [-0.2, -0.15) is 5.48 Å². The fraction of sp³-hybridized carbons (Fsp3) is 0. The molecule has 0 atom stereocenters. The number of hydrogen-bond acceptors (Lipinski definition) is 4. The third kappa shape index (κ3) is 1.49. The summed E-state index contributed by atoms with van der Waals surface area (Å²) in [6.07, 6.45) is 0. The van der Waals surface area contributed by atoms with Crippen molar-refractivity contribution in [1.82, 2.24) is 5.48 Å². The van der Waals surface area contributed by atoms with E-state index in [1.165, 1.54) is 0 Å². The first-order chi connectivity index (χ1) is 6.66. The molecule has 2 N–H and O–H groups in total. The van der Waals surface area contributed by atoms with Crippen LogP contribution in [0.25, 0.3) is 0 Å². The lowest BCUT2D eigenvalue weighted by Crippen LogP contribution is -2.35. The highest BCUT2D eigenvalue weighted by molar-refractivity contribution is 6.35. The SMILES string of the molecule is O=C(O)C1=Nc2ccc(Cl)cc2ON1. The Hall–Kier alpha value is -1.75. The third-order valence-corrected chi connectivity index (χ3v) is 1.85. The fourth-order valence-electron chi connectivity index (χ4n) is 1.00. The lowest BCUT2D eigenvalue weighted by Gasteiger charge is -2.15. The quantitative estimate of drug-likeness (QED) is 0.737. The Kier molecular flexibility index (Phi) is 2.01. The topological polar surface area (TPSA) is 70.9 Å². The number of benzene rings is 1. The van der Waals surface area contributed by atoms with Gasteiger partial charge < -0.3 is 9.94 Å². The van der Waals surface area contributed by atoms with E-state index in [4.69, 9.17) is 21.5 Å². The highest BCUT2D eigenvalue weighted by atomic mass is 35.5. The van der Waals surface area contributed by atoms with E-state index < -0.39 is 5.97 Å². The Morgan fingerprint density at radius 2 is 2.36 bits per heavy atom. The summed E-state index contributed by atoms with van der Waals surface area (Å²) in [6, 6.07) is 4.74. The molecule has 1 aromatic rings. The number of carboxylic acid groups (broad SMARTS) is 1. The number of rotatable bonds is 1. The number of aliphatic imine (C=N–C) groups is 1. The zero-order valence-corrected chi connectivity index (χ0v) is 7.58. The number of hydrogen-bond donors (Lipinski definition) is 2. The number of carbonyl (C=O) groups is 1. The molecule has 1 heterocycles. The van der Waals surface area contributed by atoms with E-state index in [1.54, 1.807) is 18.2 Å². The average Bonchev–Trinajstić information content (AvgIpc) is 2.16. The van der Waals surface area contributed by atoms with Crippen LogP contribution in [-0.2, 0) is 4.79 Å². The monoisotopic (exact) mass is 212 g/mol. The molecule has 0 unspecified atom stereocenters. The zero-order chi connectivity index (χ0) is 10.1. The minimum atomic E-state index is -1.18. The van der Waals surface area contributed by atoms with E-state index >= 15 is 0 Å². The third-order valence-electron chi connectivity index (χ3n) is 1.61. The molecule has 1 aromatic carbocycles. The van der Waals surface area contributed by atoms with E-state index in [0.717, 1.165) is 0 Å². The number of amidine groups is 1. The summed E-state index contributed by atoms with van der Waals surface area (Å²) in [5, 5.41) is 9.12. The Morgan fingerprint density at radius 3 is 3.07 bits per heavy atom. The van der Waals surface area contributed by atoms with Gasteiger partial charge in [-0.05, 0) is 12.1 Å². The van der Waals surface area contributed by atoms with Gasteiger partial charge in [-0.3, -0.25) is 0 Å². The summed E-state index contributed by atoms with van der Waals surface area (Å²) in [6.45, 7) is 0. The maximum Gasteiger partial charge on any atom is 0.374 e. The first kappa shape index (κ1) is 8.83. The van der Waals surface area contributed by atoms with Crippen LogP contribution in [0, 0.1) is 0 Å².